The molecule has 1 aromatic carbocycles. The van der Waals surface area contributed by atoms with Crippen molar-refractivity contribution in [2.45, 2.75) is 33.2 Å². The highest BCUT2D eigenvalue weighted by atomic mass is 79.9. The predicted octanol–water partition coefficient (Wildman–Crippen LogP) is 3.69. The molecule has 108 valence electrons. The van der Waals surface area contributed by atoms with E-state index >= 15 is 0 Å². The van der Waals surface area contributed by atoms with Gasteiger partial charge in [-0.1, -0.05) is 36.8 Å². The molecule has 0 saturated carbocycles. The molecule has 0 radical (unpaired) electrons. The van der Waals surface area contributed by atoms with Gasteiger partial charge in [0, 0.05) is 19.5 Å². The van der Waals surface area contributed by atoms with E-state index < -0.39 is 0 Å². The molecule has 0 aliphatic heterocycles. The van der Waals surface area contributed by atoms with Crippen molar-refractivity contribution < 1.29 is 0 Å². The molecule has 0 amide bonds. The third-order valence-electron chi connectivity index (χ3n) is 3.55. The summed E-state index contributed by atoms with van der Waals surface area (Å²) in [6.45, 7) is 7.26. The van der Waals surface area contributed by atoms with E-state index in [2.05, 4.69) is 64.5 Å². The Labute approximate surface area is 129 Å². The molecule has 0 fully saturated rings. The molecule has 1 atom stereocenters. The van der Waals surface area contributed by atoms with Crippen molar-refractivity contribution >= 4 is 15.9 Å². The molecule has 1 heterocycles. The second-order valence-corrected chi connectivity index (χ2v) is 5.99. The van der Waals surface area contributed by atoms with Crippen LogP contribution in [0.25, 0.3) is 0 Å². The van der Waals surface area contributed by atoms with Crippen LogP contribution in [0, 0.1) is 13.8 Å². The lowest BCUT2D eigenvalue weighted by Crippen LogP contribution is -2.24. The maximum Gasteiger partial charge on any atom is 0.0738 e. The maximum absolute atomic E-state index is 4.48. The van der Waals surface area contributed by atoms with Gasteiger partial charge in [0.25, 0.3) is 0 Å². The van der Waals surface area contributed by atoms with Crippen molar-refractivity contribution in [1.29, 1.82) is 0 Å². The van der Waals surface area contributed by atoms with Gasteiger partial charge in [-0.2, -0.15) is 5.10 Å². The number of rotatable bonds is 5. The zero-order valence-corrected chi connectivity index (χ0v) is 14.2. The summed E-state index contributed by atoms with van der Waals surface area (Å²) in [5.41, 5.74) is 4.90. The number of likely N-dealkylation sites (N-methyl/N-ethyl adjacent to an activating group) is 1. The third kappa shape index (κ3) is 3.30. The highest BCUT2D eigenvalue weighted by Crippen LogP contribution is 2.26. The summed E-state index contributed by atoms with van der Waals surface area (Å²) in [5.74, 6) is 0. The fraction of sp³-hybridized carbons (Fsp3) is 0.438. The van der Waals surface area contributed by atoms with Gasteiger partial charge in [-0.25, -0.2) is 0 Å². The number of hydrogen-bond acceptors (Lipinski definition) is 2. The van der Waals surface area contributed by atoms with Crippen LogP contribution in [-0.2, 0) is 13.5 Å². The monoisotopic (exact) mass is 335 g/mol. The summed E-state index contributed by atoms with van der Waals surface area (Å²) in [6, 6.07) is 9.02. The van der Waals surface area contributed by atoms with E-state index in [1.54, 1.807) is 0 Å². The Kier molecular flexibility index (Phi) is 5.00. The van der Waals surface area contributed by atoms with Crippen molar-refractivity contribution in [3.8, 4) is 0 Å². The van der Waals surface area contributed by atoms with Crippen LogP contribution in [0.3, 0.4) is 0 Å². The van der Waals surface area contributed by atoms with Gasteiger partial charge in [-0.15, -0.1) is 0 Å². The normalized spacial score (nSPS) is 12.7. The minimum atomic E-state index is 0.311. The lowest BCUT2D eigenvalue weighted by Gasteiger charge is -2.19. The second-order valence-electron chi connectivity index (χ2n) is 5.20. The molecular formula is C16H22BrN3. The van der Waals surface area contributed by atoms with Crippen molar-refractivity contribution in [2.75, 3.05) is 6.54 Å². The number of benzene rings is 1. The number of aromatic nitrogens is 2. The Balaban J connectivity index is 2.30. The van der Waals surface area contributed by atoms with Gasteiger partial charge < -0.3 is 5.32 Å². The highest BCUT2D eigenvalue weighted by molar-refractivity contribution is 9.10. The number of nitrogens with one attached hydrogen (secondary N) is 1. The zero-order valence-electron chi connectivity index (χ0n) is 12.6. The zero-order chi connectivity index (χ0) is 14.7. The fourth-order valence-electron chi connectivity index (χ4n) is 2.54. The molecule has 0 saturated heterocycles. The van der Waals surface area contributed by atoms with Crippen LogP contribution in [0.1, 0.15) is 35.5 Å². The number of aryl methyl sites for hydroxylation is 3. The predicted molar refractivity (Wildman–Crippen MR) is 86.9 cm³/mol. The van der Waals surface area contributed by atoms with Gasteiger partial charge in [0.1, 0.15) is 0 Å². The Morgan fingerprint density at radius 3 is 2.65 bits per heavy atom. The molecular weight excluding hydrogens is 314 g/mol. The lowest BCUT2D eigenvalue weighted by molar-refractivity contribution is 0.527. The SMILES string of the molecule is CCNC(Cc1c(Br)c(C)nn1C)c1cccc(C)c1. The Morgan fingerprint density at radius 1 is 1.35 bits per heavy atom. The van der Waals surface area contributed by atoms with E-state index in [1.165, 1.54) is 16.8 Å². The van der Waals surface area contributed by atoms with Crippen LogP contribution >= 0.6 is 15.9 Å². The highest BCUT2D eigenvalue weighted by Gasteiger charge is 2.17. The summed E-state index contributed by atoms with van der Waals surface area (Å²) in [7, 11) is 2.01. The maximum atomic E-state index is 4.48. The largest absolute Gasteiger partial charge is 0.310 e. The van der Waals surface area contributed by atoms with Crippen molar-refractivity contribution in [2.24, 2.45) is 7.05 Å². The number of halogens is 1. The van der Waals surface area contributed by atoms with Gasteiger partial charge in [-0.3, -0.25) is 4.68 Å². The summed E-state index contributed by atoms with van der Waals surface area (Å²) in [4.78, 5) is 0. The fourth-order valence-corrected chi connectivity index (χ4v) is 3.03. The summed E-state index contributed by atoms with van der Waals surface area (Å²) in [5, 5.41) is 8.05. The first-order chi connectivity index (χ1) is 9.52. The average molecular weight is 336 g/mol. The number of nitrogens with zero attached hydrogens (tertiary/aromatic N) is 2. The van der Waals surface area contributed by atoms with Gasteiger partial charge in [0.05, 0.1) is 15.9 Å². The molecule has 1 aromatic heterocycles. The van der Waals surface area contributed by atoms with Crippen LogP contribution < -0.4 is 5.32 Å². The Morgan fingerprint density at radius 2 is 2.10 bits per heavy atom. The molecule has 0 spiro atoms. The van der Waals surface area contributed by atoms with Gasteiger partial charge in [0.15, 0.2) is 0 Å². The summed E-state index contributed by atoms with van der Waals surface area (Å²) in [6.07, 6.45) is 0.926. The van der Waals surface area contributed by atoms with E-state index in [9.17, 15) is 0 Å². The molecule has 3 nitrogen and oxygen atoms in total. The smallest absolute Gasteiger partial charge is 0.0738 e. The molecule has 0 aliphatic carbocycles. The summed E-state index contributed by atoms with van der Waals surface area (Å²) < 4.78 is 3.09. The van der Waals surface area contributed by atoms with Gasteiger partial charge >= 0.3 is 0 Å². The second kappa shape index (κ2) is 6.55. The van der Waals surface area contributed by atoms with Crippen molar-refractivity contribution in [3.63, 3.8) is 0 Å². The van der Waals surface area contributed by atoms with Gasteiger partial charge in [-0.05, 0) is 41.9 Å². The van der Waals surface area contributed by atoms with Gasteiger partial charge in [0.2, 0.25) is 0 Å². The van der Waals surface area contributed by atoms with Crippen LogP contribution in [0.5, 0.6) is 0 Å². The van der Waals surface area contributed by atoms with E-state index in [1.807, 2.05) is 18.7 Å². The molecule has 20 heavy (non-hydrogen) atoms. The summed E-state index contributed by atoms with van der Waals surface area (Å²) >= 11 is 3.66. The molecule has 0 bridgehead atoms. The number of hydrogen-bond donors (Lipinski definition) is 1. The first kappa shape index (κ1) is 15.3. The third-order valence-corrected chi connectivity index (χ3v) is 4.59. The molecule has 1 unspecified atom stereocenters. The Hall–Kier alpha value is -1.13. The minimum absolute atomic E-state index is 0.311. The van der Waals surface area contributed by atoms with Crippen molar-refractivity contribution in [1.82, 2.24) is 15.1 Å². The van der Waals surface area contributed by atoms with E-state index in [-0.39, 0.29) is 0 Å². The molecule has 4 heteroatoms. The molecule has 2 rings (SSSR count). The van der Waals surface area contributed by atoms with Crippen LogP contribution in [0.2, 0.25) is 0 Å². The van der Waals surface area contributed by atoms with Crippen molar-refractivity contribution in [3.05, 3.63) is 51.3 Å². The van der Waals surface area contributed by atoms with E-state index in [4.69, 9.17) is 0 Å². The molecule has 2 aromatic rings. The average Bonchev–Trinajstić information content (AvgIpc) is 2.64. The van der Waals surface area contributed by atoms with E-state index in [0.717, 1.165) is 23.1 Å². The molecule has 0 aliphatic rings. The molecule has 1 N–H and O–H groups in total. The first-order valence-corrected chi connectivity index (χ1v) is 7.80. The lowest BCUT2D eigenvalue weighted by atomic mass is 10.00. The first-order valence-electron chi connectivity index (χ1n) is 7.00. The standard InChI is InChI=1S/C16H22BrN3/c1-5-18-14(13-8-6-7-11(2)9-13)10-15-16(17)12(3)19-20(15)4/h6-9,14,18H,5,10H2,1-4H3. The quantitative estimate of drug-likeness (QED) is 0.902. The Bertz CT molecular complexity index is 589. The van der Waals surface area contributed by atoms with Crippen LogP contribution in [-0.4, -0.2) is 16.3 Å². The van der Waals surface area contributed by atoms with E-state index in [0.29, 0.717) is 6.04 Å². The van der Waals surface area contributed by atoms with Crippen LogP contribution in [0.4, 0.5) is 0 Å². The van der Waals surface area contributed by atoms with Crippen LogP contribution in [0.15, 0.2) is 28.7 Å². The topological polar surface area (TPSA) is 29.9 Å². The minimum Gasteiger partial charge on any atom is -0.310 e.